The molecule has 1 saturated carbocycles. The van der Waals surface area contributed by atoms with E-state index in [4.69, 9.17) is 9.47 Å². The number of carbonyl (C=O) groups is 1. The molecule has 260 valence electrons. The molecule has 5 rings (SSSR count). The molecule has 0 radical (unpaired) electrons. The van der Waals surface area contributed by atoms with Gasteiger partial charge in [-0.25, -0.2) is 13.1 Å². The second-order valence-electron chi connectivity index (χ2n) is 12.3. The number of anilines is 2. The summed E-state index contributed by atoms with van der Waals surface area (Å²) in [4.78, 5) is 12.8. The van der Waals surface area contributed by atoms with Crippen molar-refractivity contribution in [3.63, 3.8) is 0 Å². The predicted octanol–water partition coefficient (Wildman–Crippen LogP) is 3.92. The molecule has 1 amide bonds. The number of alkyl halides is 3. The number of aromatic nitrogens is 1. The Kier molecular flexibility index (Phi) is 11.4. The van der Waals surface area contributed by atoms with Gasteiger partial charge in [0.2, 0.25) is 5.91 Å². The molecule has 1 aliphatic heterocycles. The Bertz CT molecular complexity index is 1750. The molecule has 3 aromatic rings. The number of sulfonamides is 1. The second-order valence-corrected chi connectivity index (χ2v) is 14.0. The molecule has 48 heavy (non-hydrogen) atoms. The summed E-state index contributed by atoms with van der Waals surface area (Å²) in [6.45, 7) is 3.90. The SMILES string of the molecule is COc1cc(S(=O)(=O)NC(C)=O)ccc1NCC#Cc1cc2c(NC3CCC([NH+]4CCCOCCC4)CC3)cccc2n1CC(F)(F)F. The number of nitrogens with one attached hydrogen (secondary N) is 4. The molecule has 1 saturated heterocycles. The van der Waals surface area contributed by atoms with Crippen molar-refractivity contribution in [2.45, 2.75) is 75.1 Å². The van der Waals surface area contributed by atoms with Gasteiger partial charge in [0.25, 0.3) is 10.0 Å². The van der Waals surface area contributed by atoms with Crippen molar-refractivity contribution in [1.82, 2.24) is 9.29 Å². The van der Waals surface area contributed by atoms with Crippen LogP contribution in [0.15, 0.2) is 47.4 Å². The van der Waals surface area contributed by atoms with Crippen LogP contribution in [0.1, 0.15) is 51.1 Å². The standard InChI is InChI=1S/C34H42F3N5O5S/c1-24(43)40-48(44,45)28-14-15-31(33(22-28)46-2)38-16-4-7-27-21-29-30(8-3-9-32(29)42(27)23-34(35,36)37)39-25-10-12-26(13-11-25)41-17-5-19-47-20-6-18-41/h3,8-9,14-15,21-22,25-26,38-39H,5-6,10-13,16-20,23H2,1-2H3,(H,40,43)/p+1. The molecule has 1 aliphatic carbocycles. The smallest absolute Gasteiger partial charge is 0.406 e. The number of carbonyl (C=O) groups excluding carboxylic acids is 1. The Morgan fingerprint density at radius 2 is 1.79 bits per heavy atom. The first-order valence-electron chi connectivity index (χ1n) is 16.3. The molecule has 4 N–H and O–H groups in total. The summed E-state index contributed by atoms with van der Waals surface area (Å²) in [6.07, 6.45) is 1.96. The average Bonchev–Trinajstić information content (AvgIpc) is 3.35. The van der Waals surface area contributed by atoms with Crippen LogP contribution in [0.5, 0.6) is 5.75 Å². The molecule has 2 heterocycles. The first-order valence-corrected chi connectivity index (χ1v) is 17.7. The number of benzene rings is 2. The minimum atomic E-state index is -4.45. The lowest BCUT2D eigenvalue weighted by Gasteiger charge is -2.35. The van der Waals surface area contributed by atoms with E-state index in [-0.39, 0.29) is 28.9 Å². The van der Waals surface area contributed by atoms with Gasteiger partial charge in [-0.15, -0.1) is 0 Å². The second kappa shape index (κ2) is 15.5. The number of rotatable bonds is 9. The molecule has 2 fully saturated rings. The molecule has 0 spiro atoms. The van der Waals surface area contributed by atoms with Crippen molar-refractivity contribution in [3.05, 3.63) is 48.2 Å². The lowest BCUT2D eigenvalue weighted by molar-refractivity contribution is -0.928. The van der Waals surface area contributed by atoms with Gasteiger partial charge in [-0.2, -0.15) is 13.2 Å². The zero-order valence-electron chi connectivity index (χ0n) is 27.2. The quantitative estimate of drug-likeness (QED) is 0.252. The van der Waals surface area contributed by atoms with Crippen LogP contribution in [-0.4, -0.2) is 77.1 Å². The van der Waals surface area contributed by atoms with Crippen LogP contribution < -0.4 is 25.0 Å². The molecule has 0 atom stereocenters. The number of amides is 1. The normalized spacial score (nSPS) is 19.4. The topological polar surface area (TPSA) is 115 Å². The maximum atomic E-state index is 13.7. The van der Waals surface area contributed by atoms with Gasteiger partial charge >= 0.3 is 6.18 Å². The highest BCUT2D eigenvalue weighted by molar-refractivity contribution is 7.90. The van der Waals surface area contributed by atoms with Crippen molar-refractivity contribution in [2.75, 3.05) is 50.6 Å². The highest BCUT2D eigenvalue weighted by Crippen LogP contribution is 2.32. The first kappa shape index (κ1) is 35.4. The van der Waals surface area contributed by atoms with Crippen LogP contribution in [0.25, 0.3) is 10.9 Å². The molecule has 0 unspecified atom stereocenters. The zero-order chi connectivity index (χ0) is 34.3. The number of fused-ring (bicyclic) bond motifs is 1. The number of halogens is 3. The maximum Gasteiger partial charge on any atom is 0.406 e. The monoisotopic (exact) mass is 690 g/mol. The van der Waals surface area contributed by atoms with Crippen molar-refractivity contribution in [2.24, 2.45) is 0 Å². The summed E-state index contributed by atoms with van der Waals surface area (Å²) in [5.74, 6) is 5.26. The number of hydrogen-bond donors (Lipinski definition) is 4. The van der Waals surface area contributed by atoms with E-state index in [1.165, 1.54) is 29.9 Å². The van der Waals surface area contributed by atoms with Crippen molar-refractivity contribution < 1.29 is 40.8 Å². The lowest BCUT2D eigenvalue weighted by atomic mass is 9.89. The molecular formula is C34H43F3N5O5S+. The van der Waals surface area contributed by atoms with Crippen LogP contribution in [0, 0.1) is 11.8 Å². The van der Waals surface area contributed by atoms with E-state index in [1.54, 1.807) is 23.1 Å². The van der Waals surface area contributed by atoms with E-state index in [2.05, 4.69) is 22.5 Å². The number of methoxy groups -OCH3 is 1. The van der Waals surface area contributed by atoms with E-state index >= 15 is 0 Å². The van der Waals surface area contributed by atoms with Crippen LogP contribution in [-0.2, 0) is 26.1 Å². The van der Waals surface area contributed by atoms with Gasteiger partial charge in [-0.05, 0) is 49.1 Å². The van der Waals surface area contributed by atoms with Crippen LogP contribution in [0.2, 0.25) is 0 Å². The van der Waals surface area contributed by atoms with Gasteiger partial charge in [-0.3, -0.25) is 4.79 Å². The molecule has 10 nitrogen and oxygen atoms in total. The van der Waals surface area contributed by atoms with Gasteiger partial charge in [0.05, 0.1) is 67.8 Å². The average molecular weight is 691 g/mol. The summed E-state index contributed by atoms with van der Waals surface area (Å²) < 4.78 is 79.9. The van der Waals surface area contributed by atoms with Crippen molar-refractivity contribution in [3.8, 4) is 17.6 Å². The number of ether oxygens (including phenoxy) is 2. The largest absolute Gasteiger partial charge is 0.495 e. The molecule has 1 aromatic heterocycles. The lowest BCUT2D eigenvalue weighted by Crippen LogP contribution is -3.16. The summed E-state index contributed by atoms with van der Waals surface area (Å²) >= 11 is 0. The molecule has 14 heteroatoms. The third kappa shape index (κ3) is 9.15. The fraction of sp³-hybridized carbons (Fsp3) is 0.500. The highest BCUT2D eigenvalue weighted by atomic mass is 32.2. The zero-order valence-corrected chi connectivity index (χ0v) is 28.0. The number of quaternary nitrogens is 1. The number of nitrogens with zero attached hydrogens (tertiary/aromatic N) is 1. The Morgan fingerprint density at radius 3 is 2.46 bits per heavy atom. The third-order valence-corrected chi connectivity index (χ3v) is 10.3. The molecular weight excluding hydrogens is 647 g/mol. The van der Waals surface area contributed by atoms with Gasteiger partial charge in [0, 0.05) is 55.8 Å². The van der Waals surface area contributed by atoms with Gasteiger partial charge in [0.15, 0.2) is 0 Å². The van der Waals surface area contributed by atoms with Gasteiger partial charge in [-0.1, -0.05) is 12.0 Å². The van der Waals surface area contributed by atoms with E-state index in [1.807, 2.05) is 10.8 Å². The Labute approximate surface area is 279 Å². The summed E-state index contributed by atoms with van der Waals surface area (Å²) in [5.41, 5.74) is 1.91. The Hall–Kier alpha value is -3.93. The maximum absolute atomic E-state index is 13.7. The van der Waals surface area contributed by atoms with Gasteiger partial charge in [0.1, 0.15) is 12.3 Å². The van der Waals surface area contributed by atoms with Gasteiger partial charge < -0.3 is 29.6 Å². The minimum Gasteiger partial charge on any atom is -0.495 e. The Morgan fingerprint density at radius 1 is 1.06 bits per heavy atom. The highest BCUT2D eigenvalue weighted by Gasteiger charge is 2.31. The molecule has 2 aromatic carbocycles. The van der Waals surface area contributed by atoms with Crippen molar-refractivity contribution in [1.29, 1.82) is 0 Å². The summed E-state index contributed by atoms with van der Waals surface area (Å²) in [5, 5.41) is 7.35. The summed E-state index contributed by atoms with van der Waals surface area (Å²) in [7, 11) is -2.70. The van der Waals surface area contributed by atoms with Crippen LogP contribution >= 0.6 is 0 Å². The predicted molar refractivity (Wildman–Crippen MR) is 178 cm³/mol. The van der Waals surface area contributed by atoms with Crippen LogP contribution in [0.3, 0.4) is 0 Å². The fourth-order valence-corrected chi connectivity index (χ4v) is 7.68. The van der Waals surface area contributed by atoms with Crippen LogP contribution in [0.4, 0.5) is 24.5 Å². The minimum absolute atomic E-state index is 0.0437. The van der Waals surface area contributed by atoms with E-state index in [0.29, 0.717) is 22.6 Å². The third-order valence-electron chi connectivity index (χ3n) is 8.87. The fourth-order valence-electron chi connectivity index (χ4n) is 6.67. The van der Waals surface area contributed by atoms with E-state index in [9.17, 15) is 26.4 Å². The number of hydrogen-bond acceptors (Lipinski definition) is 7. The van der Waals surface area contributed by atoms with E-state index < -0.39 is 28.7 Å². The first-order chi connectivity index (χ1) is 22.9. The van der Waals surface area contributed by atoms with Crippen molar-refractivity contribution >= 4 is 38.2 Å². The van der Waals surface area contributed by atoms with E-state index in [0.717, 1.165) is 77.4 Å². The summed E-state index contributed by atoms with van der Waals surface area (Å²) in [6, 6.07) is 12.0. The Balaban J connectivity index is 1.30. The molecule has 2 aliphatic rings. The molecule has 0 bridgehead atoms.